The molecule has 1 aromatic rings. The van der Waals surface area contributed by atoms with E-state index in [0.717, 1.165) is 5.56 Å². The lowest BCUT2D eigenvalue weighted by Gasteiger charge is -2.15. The van der Waals surface area contributed by atoms with Crippen molar-refractivity contribution in [1.29, 1.82) is 0 Å². The van der Waals surface area contributed by atoms with Gasteiger partial charge in [0, 0.05) is 13.7 Å². The Morgan fingerprint density at radius 3 is 2.50 bits per heavy atom. The smallest absolute Gasteiger partial charge is 0.239 e. The molecular weight excluding hydrogens is 256 g/mol. The van der Waals surface area contributed by atoms with Crippen LogP contribution in [0.15, 0.2) is 30.3 Å². The van der Waals surface area contributed by atoms with Gasteiger partial charge < -0.3 is 15.4 Å². The number of carbonyl (C=O) groups excluding carboxylic acids is 2. The van der Waals surface area contributed by atoms with Gasteiger partial charge in [0.2, 0.25) is 11.8 Å². The van der Waals surface area contributed by atoms with Crippen LogP contribution >= 0.6 is 0 Å². The molecule has 1 unspecified atom stereocenters. The minimum atomic E-state index is -0.219. The molecular formula is C15H22N2O3. The minimum absolute atomic E-state index is 0.00805. The summed E-state index contributed by atoms with van der Waals surface area (Å²) < 4.78 is 4.83. The van der Waals surface area contributed by atoms with Crippen LogP contribution in [0.1, 0.15) is 24.8 Å². The van der Waals surface area contributed by atoms with E-state index in [9.17, 15) is 9.59 Å². The van der Waals surface area contributed by atoms with E-state index >= 15 is 0 Å². The fourth-order valence-electron chi connectivity index (χ4n) is 1.90. The lowest BCUT2D eigenvalue weighted by molar-refractivity contribution is -0.127. The molecule has 1 atom stereocenters. The highest BCUT2D eigenvalue weighted by Crippen LogP contribution is 2.18. The average Bonchev–Trinajstić information content (AvgIpc) is 2.47. The molecule has 110 valence electrons. The molecule has 0 aliphatic carbocycles. The highest BCUT2D eigenvalue weighted by atomic mass is 16.5. The number of ether oxygens (including phenoxy) is 1. The van der Waals surface area contributed by atoms with E-state index in [1.807, 2.05) is 37.3 Å². The molecule has 0 aromatic heterocycles. The van der Waals surface area contributed by atoms with Gasteiger partial charge in [-0.3, -0.25) is 9.59 Å². The van der Waals surface area contributed by atoms with Gasteiger partial charge in [0.1, 0.15) is 0 Å². The Morgan fingerprint density at radius 2 is 1.90 bits per heavy atom. The van der Waals surface area contributed by atoms with Crippen molar-refractivity contribution >= 4 is 11.8 Å². The molecule has 1 rings (SSSR count). The Hall–Kier alpha value is -1.88. The molecule has 0 saturated carbocycles. The second kappa shape index (κ2) is 9.09. The zero-order chi connectivity index (χ0) is 14.8. The van der Waals surface area contributed by atoms with Crippen LogP contribution in [0.5, 0.6) is 0 Å². The van der Waals surface area contributed by atoms with E-state index in [2.05, 4.69) is 10.6 Å². The molecule has 0 spiro atoms. The number of carbonyl (C=O) groups is 2. The summed E-state index contributed by atoms with van der Waals surface area (Å²) >= 11 is 0. The Balaban J connectivity index is 2.42. The third-order valence-electron chi connectivity index (χ3n) is 2.98. The predicted octanol–water partition coefficient (Wildman–Crippen LogP) is 1.06. The fraction of sp³-hybridized carbons (Fsp3) is 0.467. The number of hydrogen-bond acceptors (Lipinski definition) is 3. The van der Waals surface area contributed by atoms with Crippen molar-refractivity contribution in [3.63, 3.8) is 0 Å². The summed E-state index contributed by atoms with van der Waals surface area (Å²) in [5.41, 5.74) is 0.965. The van der Waals surface area contributed by atoms with Crippen molar-refractivity contribution < 1.29 is 14.3 Å². The first-order chi connectivity index (χ1) is 9.69. The Labute approximate surface area is 119 Å². The molecule has 0 bridgehead atoms. The molecule has 0 heterocycles. The van der Waals surface area contributed by atoms with Crippen molar-refractivity contribution in [2.45, 2.75) is 19.3 Å². The van der Waals surface area contributed by atoms with E-state index in [-0.39, 0.29) is 24.3 Å². The van der Waals surface area contributed by atoms with Gasteiger partial charge in [-0.05, 0) is 12.0 Å². The van der Waals surface area contributed by atoms with Crippen LogP contribution in [0.4, 0.5) is 0 Å². The average molecular weight is 278 g/mol. The van der Waals surface area contributed by atoms with Crippen LogP contribution in [0.3, 0.4) is 0 Å². The summed E-state index contributed by atoms with van der Waals surface area (Å²) in [5.74, 6) is -0.554. The quantitative estimate of drug-likeness (QED) is 0.699. The van der Waals surface area contributed by atoms with Crippen LogP contribution in [-0.2, 0) is 14.3 Å². The van der Waals surface area contributed by atoms with Crippen LogP contribution in [-0.4, -0.2) is 38.6 Å². The molecule has 0 radical (unpaired) electrons. The van der Waals surface area contributed by atoms with Gasteiger partial charge in [-0.15, -0.1) is 0 Å². The van der Waals surface area contributed by atoms with Crippen molar-refractivity contribution in [3.05, 3.63) is 35.9 Å². The highest BCUT2D eigenvalue weighted by molar-refractivity contribution is 5.88. The summed E-state index contributed by atoms with van der Waals surface area (Å²) in [6.45, 7) is 2.85. The Morgan fingerprint density at radius 1 is 1.20 bits per heavy atom. The molecule has 1 aromatic carbocycles. The molecule has 0 saturated heterocycles. The fourth-order valence-corrected chi connectivity index (χ4v) is 1.90. The van der Waals surface area contributed by atoms with E-state index in [1.165, 1.54) is 0 Å². The molecule has 20 heavy (non-hydrogen) atoms. The van der Waals surface area contributed by atoms with Crippen molar-refractivity contribution in [2.75, 3.05) is 26.8 Å². The number of nitrogens with one attached hydrogen (secondary N) is 2. The number of methoxy groups -OCH3 is 1. The Kier molecular flexibility index (Phi) is 7.35. The number of amides is 2. The summed E-state index contributed by atoms with van der Waals surface area (Å²) in [5, 5.41) is 5.32. The van der Waals surface area contributed by atoms with Crippen LogP contribution in [0.2, 0.25) is 0 Å². The molecule has 5 heteroatoms. The van der Waals surface area contributed by atoms with Gasteiger partial charge >= 0.3 is 0 Å². The molecule has 2 amide bonds. The van der Waals surface area contributed by atoms with Crippen LogP contribution in [0, 0.1) is 0 Å². The number of benzene rings is 1. The lowest BCUT2D eigenvalue weighted by Crippen LogP contribution is -2.39. The second-order valence-electron chi connectivity index (χ2n) is 4.43. The number of rotatable bonds is 8. The molecule has 2 N–H and O–H groups in total. The third kappa shape index (κ3) is 5.40. The second-order valence-corrected chi connectivity index (χ2v) is 4.43. The van der Waals surface area contributed by atoms with Gasteiger partial charge in [-0.2, -0.15) is 0 Å². The molecule has 0 aliphatic rings. The predicted molar refractivity (Wildman–Crippen MR) is 77.4 cm³/mol. The summed E-state index contributed by atoms with van der Waals surface area (Å²) in [6.07, 6.45) is 0.696. The topological polar surface area (TPSA) is 67.4 Å². The summed E-state index contributed by atoms with van der Waals surface area (Å²) in [7, 11) is 1.57. The van der Waals surface area contributed by atoms with E-state index in [0.29, 0.717) is 19.6 Å². The monoisotopic (exact) mass is 278 g/mol. The van der Waals surface area contributed by atoms with Crippen molar-refractivity contribution in [2.24, 2.45) is 0 Å². The maximum absolute atomic E-state index is 12.1. The molecule has 0 fully saturated rings. The highest BCUT2D eigenvalue weighted by Gasteiger charge is 2.18. The molecule has 0 aliphatic heterocycles. The zero-order valence-electron chi connectivity index (χ0n) is 12.0. The largest absolute Gasteiger partial charge is 0.383 e. The zero-order valence-corrected chi connectivity index (χ0v) is 12.0. The maximum Gasteiger partial charge on any atom is 0.239 e. The van der Waals surface area contributed by atoms with Gasteiger partial charge in [-0.25, -0.2) is 0 Å². The van der Waals surface area contributed by atoms with Crippen molar-refractivity contribution in [3.8, 4) is 0 Å². The minimum Gasteiger partial charge on any atom is -0.383 e. The van der Waals surface area contributed by atoms with Crippen LogP contribution in [0.25, 0.3) is 0 Å². The SMILES string of the molecule is CCC(C(=O)NCC(=O)NCCOC)c1ccccc1. The van der Waals surface area contributed by atoms with Crippen LogP contribution < -0.4 is 10.6 Å². The first-order valence-electron chi connectivity index (χ1n) is 6.77. The molecule has 5 nitrogen and oxygen atoms in total. The first kappa shape index (κ1) is 16.2. The van der Waals surface area contributed by atoms with Gasteiger partial charge in [0.15, 0.2) is 0 Å². The van der Waals surface area contributed by atoms with E-state index in [4.69, 9.17) is 4.74 Å². The first-order valence-corrected chi connectivity index (χ1v) is 6.77. The standard InChI is InChI=1S/C15H22N2O3/c1-3-13(12-7-5-4-6-8-12)15(19)17-11-14(18)16-9-10-20-2/h4-8,13H,3,9-11H2,1-2H3,(H,16,18)(H,17,19). The van der Waals surface area contributed by atoms with E-state index in [1.54, 1.807) is 7.11 Å². The van der Waals surface area contributed by atoms with Crippen molar-refractivity contribution in [1.82, 2.24) is 10.6 Å². The van der Waals surface area contributed by atoms with Gasteiger partial charge in [0.05, 0.1) is 19.1 Å². The lowest BCUT2D eigenvalue weighted by atomic mass is 9.96. The summed E-state index contributed by atoms with van der Waals surface area (Å²) in [6, 6.07) is 9.57. The third-order valence-corrected chi connectivity index (χ3v) is 2.98. The maximum atomic E-state index is 12.1. The number of hydrogen-bond donors (Lipinski definition) is 2. The van der Waals surface area contributed by atoms with Gasteiger partial charge in [0.25, 0.3) is 0 Å². The Bertz CT molecular complexity index is 420. The van der Waals surface area contributed by atoms with E-state index < -0.39 is 0 Å². The van der Waals surface area contributed by atoms with Gasteiger partial charge in [-0.1, -0.05) is 37.3 Å². The normalized spacial score (nSPS) is 11.7. The summed E-state index contributed by atoms with van der Waals surface area (Å²) in [4.78, 5) is 23.6.